The molecule has 1 N–H and O–H groups in total. The molecule has 6 heteroatoms. The average Bonchev–Trinajstić information content (AvgIpc) is 3.32. The number of rotatable bonds is 4. The van der Waals surface area contributed by atoms with E-state index in [1.807, 2.05) is 13.0 Å². The van der Waals surface area contributed by atoms with E-state index in [1.54, 1.807) is 25.3 Å². The van der Waals surface area contributed by atoms with Gasteiger partial charge in [0.25, 0.3) is 5.56 Å². The minimum Gasteiger partial charge on any atom is -0.309 e. The summed E-state index contributed by atoms with van der Waals surface area (Å²) in [7, 11) is 0. The fourth-order valence-corrected chi connectivity index (χ4v) is 2.26. The molecule has 1 unspecified atom stereocenters. The van der Waals surface area contributed by atoms with Gasteiger partial charge in [0, 0.05) is 18.2 Å². The second-order valence-electron chi connectivity index (χ2n) is 5.70. The number of nitrogens with one attached hydrogen (secondary N) is 1. The number of hydrogen-bond donors (Lipinski definition) is 1. The Labute approximate surface area is 128 Å². The van der Waals surface area contributed by atoms with Gasteiger partial charge < -0.3 is 5.32 Å². The van der Waals surface area contributed by atoms with Gasteiger partial charge >= 0.3 is 0 Å². The Balaban J connectivity index is 1.80. The minimum absolute atomic E-state index is 0.274. The Morgan fingerprint density at radius 3 is 2.82 bits per heavy atom. The number of hydrogen-bond acceptors (Lipinski definition) is 4. The van der Waals surface area contributed by atoms with Crippen LogP contribution in [0.25, 0.3) is 0 Å². The van der Waals surface area contributed by atoms with E-state index in [0.717, 1.165) is 24.1 Å². The Morgan fingerprint density at radius 2 is 2.14 bits per heavy atom. The van der Waals surface area contributed by atoms with Gasteiger partial charge in [-0.3, -0.25) is 9.59 Å². The van der Waals surface area contributed by atoms with Crippen molar-refractivity contribution in [1.29, 1.82) is 0 Å². The highest BCUT2D eigenvalue weighted by atomic mass is 16.2. The zero-order chi connectivity index (χ0) is 15.7. The molecule has 22 heavy (non-hydrogen) atoms. The molecule has 1 saturated carbocycles. The largest absolute Gasteiger partial charge is 0.309 e. The predicted molar refractivity (Wildman–Crippen MR) is 82.8 cm³/mol. The predicted octanol–water partition coefficient (Wildman–Crippen LogP) is 2.02. The zero-order valence-corrected chi connectivity index (χ0v) is 12.6. The number of carbonyl (C=O) groups is 1. The lowest BCUT2D eigenvalue weighted by atomic mass is 10.2. The van der Waals surface area contributed by atoms with Gasteiger partial charge in [-0.1, -0.05) is 0 Å². The first kappa shape index (κ1) is 14.4. The third-order valence-electron chi connectivity index (χ3n) is 3.75. The topological polar surface area (TPSA) is 76.9 Å². The van der Waals surface area contributed by atoms with Crippen LogP contribution in [0, 0.1) is 6.92 Å². The summed E-state index contributed by atoms with van der Waals surface area (Å²) >= 11 is 0. The van der Waals surface area contributed by atoms with Crippen LogP contribution in [0.1, 0.15) is 43.0 Å². The van der Waals surface area contributed by atoms with Crippen molar-refractivity contribution in [2.75, 3.05) is 5.32 Å². The van der Waals surface area contributed by atoms with E-state index in [9.17, 15) is 9.59 Å². The molecule has 1 aliphatic rings. The Kier molecular flexibility index (Phi) is 3.75. The van der Waals surface area contributed by atoms with E-state index in [-0.39, 0.29) is 11.5 Å². The molecule has 0 aromatic carbocycles. The maximum atomic E-state index is 12.3. The molecular weight excluding hydrogens is 280 g/mol. The van der Waals surface area contributed by atoms with Crippen molar-refractivity contribution in [1.82, 2.24) is 14.8 Å². The van der Waals surface area contributed by atoms with E-state index in [1.165, 1.54) is 10.7 Å². The third-order valence-corrected chi connectivity index (χ3v) is 3.75. The summed E-state index contributed by atoms with van der Waals surface area (Å²) in [6.45, 7) is 3.59. The molecule has 1 amide bonds. The van der Waals surface area contributed by atoms with Crippen molar-refractivity contribution >= 4 is 11.7 Å². The monoisotopic (exact) mass is 298 g/mol. The lowest BCUT2D eigenvalue weighted by Crippen LogP contribution is -2.33. The van der Waals surface area contributed by atoms with Crippen LogP contribution >= 0.6 is 0 Å². The number of anilines is 1. The first-order valence-electron chi connectivity index (χ1n) is 7.38. The fraction of sp³-hybridized carbons (Fsp3) is 0.375. The van der Waals surface area contributed by atoms with Crippen LogP contribution in [0.3, 0.4) is 0 Å². The summed E-state index contributed by atoms with van der Waals surface area (Å²) in [4.78, 5) is 28.4. The number of aromatic nitrogens is 3. The number of aryl methyl sites for hydroxylation is 1. The summed E-state index contributed by atoms with van der Waals surface area (Å²) < 4.78 is 1.25. The number of pyridine rings is 1. The normalized spacial score (nSPS) is 15.4. The van der Waals surface area contributed by atoms with Crippen LogP contribution in [0.15, 0.2) is 35.3 Å². The van der Waals surface area contributed by atoms with Gasteiger partial charge in [0.05, 0.1) is 5.69 Å². The maximum absolute atomic E-state index is 12.3. The highest BCUT2D eigenvalue weighted by molar-refractivity contribution is 5.92. The molecule has 1 fully saturated rings. The lowest BCUT2D eigenvalue weighted by Gasteiger charge is -2.14. The SMILES string of the molecule is Cc1ccnc(NC(=O)C(C)n2nc(C3CC3)ccc2=O)c1. The Hall–Kier alpha value is -2.50. The van der Waals surface area contributed by atoms with Crippen molar-refractivity contribution in [2.24, 2.45) is 0 Å². The van der Waals surface area contributed by atoms with E-state index in [4.69, 9.17) is 0 Å². The highest BCUT2D eigenvalue weighted by Gasteiger charge is 2.27. The summed E-state index contributed by atoms with van der Waals surface area (Å²) in [6.07, 6.45) is 3.83. The Morgan fingerprint density at radius 1 is 1.36 bits per heavy atom. The molecule has 0 bridgehead atoms. The molecule has 0 spiro atoms. The fourth-order valence-electron chi connectivity index (χ4n) is 2.26. The first-order chi connectivity index (χ1) is 10.5. The Bertz CT molecular complexity index is 765. The van der Waals surface area contributed by atoms with Crippen LogP contribution in [0.5, 0.6) is 0 Å². The van der Waals surface area contributed by atoms with Crippen molar-refractivity contribution in [2.45, 2.75) is 38.6 Å². The van der Waals surface area contributed by atoms with Gasteiger partial charge in [-0.2, -0.15) is 5.10 Å². The van der Waals surface area contributed by atoms with E-state index >= 15 is 0 Å². The smallest absolute Gasteiger partial charge is 0.267 e. The number of carbonyl (C=O) groups excluding carboxylic acids is 1. The van der Waals surface area contributed by atoms with Gasteiger partial charge in [-0.25, -0.2) is 9.67 Å². The molecule has 2 aromatic heterocycles. The molecule has 3 rings (SSSR count). The average molecular weight is 298 g/mol. The van der Waals surface area contributed by atoms with Crippen LogP contribution in [-0.4, -0.2) is 20.7 Å². The van der Waals surface area contributed by atoms with Crippen molar-refractivity contribution in [3.63, 3.8) is 0 Å². The van der Waals surface area contributed by atoms with Gasteiger partial charge in [0.2, 0.25) is 5.91 Å². The van der Waals surface area contributed by atoms with E-state index < -0.39 is 6.04 Å². The molecule has 2 heterocycles. The van der Waals surface area contributed by atoms with Crippen LogP contribution < -0.4 is 10.9 Å². The zero-order valence-electron chi connectivity index (χ0n) is 12.6. The molecule has 6 nitrogen and oxygen atoms in total. The van der Waals surface area contributed by atoms with Gasteiger partial charge in [0.1, 0.15) is 11.9 Å². The van der Waals surface area contributed by atoms with Gasteiger partial charge in [0.15, 0.2) is 0 Å². The van der Waals surface area contributed by atoms with Crippen LogP contribution in [0.2, 0.25) is 0 Å². The summed E-state index contributed by atoms with van der Waals surface area (Å²) in [5, 5.41) is 7.06. The van der Waals surface area contributed by atoms with Crippen molar-refractivity contribution in [3.05, 3.63) is 52.1 Å². The lowest BCUT2D eigenvalue weighted by molar-refractivity contribution is -0.119. The third kappa shape index (κ3) is 3.05. The van der Waals surface area contributed by atoms with Crippen LogP contribution in [0.4, 0.5) is 5.82 Å². The molecule has 0 aliphatic heterocycles. The second-order valence-corrected chi connectivity index (χ2v) is 5.70. The number of amides is 1. The molecule has 0 radical (unpaired) electrons. The number of nitrogens with zero attached hydrogens (tertiary/aromatic N) is 3. The van der Waals surface area contributed by atoms with Gasteiger partial charge in [-0.05, 0) is 50.5 Å². The van der Waals surface area contributed by atoms with Crippen LogP contribution in [-0.2, 0) is 4.79 Å². The maximum Gasteiger partial charge on any atom is 0.267 e. The molecular formula is C16H18N4O2. The second kappa shape index (κ2) is 5.71. The van der Waals surface area contributed by atoms with E-state index in [2.05, 4.69) is 15.4 Å². The van der Waals surface area contributed by atoms with Crippen molar-refractivity contribution < 1.29 is 4.79 Å². The standard InChI is InChI=1S/C16H18N4O2/c1-10-7-8-17-14(9-10)18-16(22)11(2)20-15(21)6-5-13(19-20)12-3-4-12/h5-9,11-12H,3-4H2,1-2H3,(H,17,18,22). The van der Waals surface area contributed by atoms with Gasteiger partial charge in [-0.15, -0.1) is 0 Å². The molecule has 1 aliphatic carbocycles. The quantitative estimate of drug-likeness (QED) is 0.937. The first-order valence-corrected chi connectivity index (χ1v) is 7.38. The minimum atomic E-state index is -0.687. The molecule has 0 saturated heterocycles. The summed E-state index contributed by atoms with van der Waals surface area (Å²) in [5.74, 6) is 0.601. The molecule has 2 aromatic rings. The van der Waals surface area contributed by atoms with E-state index in [0.29, 0.717) is 11.7 Å². The highest BCUT2D eigenvalue weighted by Crippen LogP contribution is 2.38. The summed E-state index contributed by atoms with van der Waals surface area (Å²) in [5.41, 5.74) is 1.61. The van der Waals surface area contributed by atoms with Crippen molar-refractivity contribution in [3.8, 4) is 0 Å². The summed E-state index contributed by atoms with van der Waals surface area (Å²) in [6, 6.07) is 6.18. The molecule has 1 atom stereocenters. The molecule has 114 valence electrons.